The lowest BCUT2D eigenvalue weighted by molar-refractivity contribution is 0.103. The predicted octanol–water partition coefficient (Wildman–Crippen LogP) is 11.2. The molecule has 0 aliphatic heterocycles. The molecule has 0 radical (unpaired) electrons. The standard InChI is InChI=1S/C27H19N3O.C21H14N4/c31-26(20-12-5-2-6-13-20)21-14-9-15-22(18-21)28-27-24-17-8-7-16-23(24)25(29-30-27)19-10-3-1-4-11-19;22-14-15-7-6-10-17(13-15)23-21-19-12-5-4-11-18(19)20(24-25-21)16-8-2-1-3-9-16/h1-18H,(H,28,30);1-13H,(H,23,25). The second-order valence-corrected chi connectivity index (χ2v) is 12.8. The van der Waals surface area contributed by atoms with Gasteiger partial charge in [0.05, 0.1) is 11.6 Å². The monoisotopic (exact) mass is 723 g/mol. The van der Waals surface area contributed by atoms with Crippen molar-refractivity contribution in [2.24, 2.45) is 0 Å². The smallest absolute Gasteiger partial charge is 0.193 e. The van der Waals surface area contributed by atoms with E-state index in [-0.39, 0.29) is 5.78 Å². The van der Waals surface area contributed by atoms with E-state index in [0.717, 1.165) is 55.4 Å². The fraction of sp³-hybridized carbons (Fsp3) is 0. The minimum Gasteiger partial charge on any atom is -0.338 e. The summed E-state index contributed by atoms with van der Waals surface area (Å²) >= 11 is 0. The van der Waals surface area contributed by atoms with E-state index >= 15 is 0 Å². The molecule has 0 atom stereocenters. The van der Waals surface area contributed by atoms with Gasteiger partial charge in [-0.05, 0) is 30.3 Å². The lowest BCUT2D eigenvalue weighted by atomic mass is 10.0. The number of nitriles is 1. The molecule has 56 heavy (non-hydrogen) atoms. The third-order valence-electron chi connectivity index (χ3n) is 9.15. The highest BCUT2D eigenvalue weighted by Gasteiger charge is 2.14. The van der Waals surface area contributed by atoms with E-state index in [1.165, 1.54) is 0 Å². The molecule has 7 aromatic carbocycles. The summed E-state index contributed by atoms with van der Waals surface area (Å²) in [5, 5.41) is 37.5. The van der Waals surface area contributed by atoms with Gasteiger partial charge in [-0.15, -0.1) is 20.4 Å². The molecule has 9 aromatic rings. The quantitative estimate of drug-likeness (QED) is 0.149. The minimum atomic E-state index is -0.0142. The SMILES string of the molecule is N#Cc1cccc(Nc2nnc(-c3ccccc3)c3ccccc23)c1.O=C(c1ccccc1)c1cccc(Nc2nnc(-c3ccccc3)c3ccccc23)c1. The molecule has 2 heterocycles. The van der Waals surface area contributed by atoms with Crippen LogP contribution in [0.2, 0.25) is 0 Å². The van der Waals surface area contributed by atoms with Crippen LogP contribution in [0.3, 0.4) is 0 Å². The molecule has 0 saturated carbocycles. The number of hydrogen-bond donors (Lipinski definition) is 2. The van der Waals surface area contributed by atoms with Crippen LogP contribution >= 0.6 is 0 Å². The maximum Gasteiger partial charge on any atom is 0.193 e. The second kappa shape index (κ2) is 16.3. The highest BCUT2D eigenvalue weighted by atomic mass is 16.1. The summed E-state index contributed by atoms with van der Waals surface area (Å²) < 4.78 is 0. The Hall–Kier alpha value is -8.02. The molecule has 266 valence electrons. The number of carbonyl (C=O) groups excluding carboxylic acids is 1. The summed E-state index contributed by atoms with van der Waals surface area (Å²) in [5.74, 6) is 1.31. The van der Waals surface area contributed by atoms with Gasteiger partial charge in [0.2, 0.25) is 0 Å². The van der Waals surface area contributed by atoms with E-state index in [1.54, 1.807) is 12.1 Å². The first-order chi connectivity index (χ1) is 27.6. The van der Waals surface area contributed by atoms with E-state index < -0.39 is 0 Å². The topological polar surface area (TPSA) is 116 Å². The van der Waals surface area contributed by atoms with Gasteiger partial charge in [0.25, 0.3) is 0 Å². The Kier molecular flexibility index (Phi) is 10.2. The Labute approximate surface area is 323 Å². The summed E-state index contributed by atoms with van der Waals surface area (Å²) in [4.78, 5) is 12.8. The average Bonchev–Trinajstić information content (AvgIpc) is 3.27. The third kappa shape index (κ3) is 7.69. The number of nitrogens with zero attached hydrogens (tertiary/aromatic N) is 5. The molecule has 8 nitrogen and oxygen atoms in total. The van der Waals surface area contributed by atoms with Gasteiger partial charge in [-0.2, -0.15) is 5.26 Å². The molecule has 0 aliphatic rings. The van der Waals surface area contributed by atoms with Crippen molar-refractivity contribution >= 4 is 50.3 Å². The fourth-order valence-electron chi connectivity index (χ4n) is 6.45. The maximum absolute atomic E-state index is 12.8. The predicted molar refractivity (Wildman–Crippen MR) is 224 cm³/mol. The molecule has 0 amide bonds. The van der Waals surface area contributed by atoms with Crippen molar-refractivity contribution in [1.82, 2.24) is 20.4 Å². The summed E-state index contributed by atoms with van der Waals surface area (Å²) in [6.07, 6.45) is 0. The molecule has 0 fully saturated rings. The van der Waals surface area contributed by atoms with Crippen LogP contribution in [0.15, 0.2) is 188 Å². The maximum atomic E-state index is 12.8. The zero-order valence-corrected chi connectivity index (χ0v) is 30.0. The van der Waals surface area contributed by atoms with E-state index in [4.69, 9.17) is 5.26 Å². The van der Waals surface area contributed by atoms with Gasteiger partial charge >= 0.3 is 0 Å². The number of ketones is 1. The molecule has 0 unspecified atom stereocenters. The molecule has 2 aromatic heterocycles. The molecule has 9 rings (SSSR count). The molecule has 8 heteroatoms. The van der Waals surface area contributed by atoms with Crippen molar-refractivity contribution in [3.8, 4) is 28.6 Å². The number of benzene rings is 7. The van der Waals surface area contributed by atoms with Crippen LogP contribution in [0, 0.1) is 11.3 Å². The second-order valence-electron chi connectivity index (χ2n) is 12.8. The summed E-state index contributed by atoms with van der Waals surface area (Å²) in [6, 6.07) is 62.3. The Morgan fingerprint density at radius 1 is 0.429 bits per heavy atom. The number of anilines is 4. The molecule has 0 bridgehead atoms. The van der Waals surface area contributed by atoms with Crippen LogP contribution in [0.1, 0.15) is 21.5 Å². The van der Waals surface area contributed by atoms with Crippen LogP contribution in [0.5, 0.6) is 0 Å². The van der Waals surface area contributed by atoms with Gasteiger partial charge in [-0.1, -0.05) is 158 Å². The number of carbonyl (C=O) groups is 1. The molecule has 0 spiro atoms. The number of fused-ring (bicyclic) bond motifs is 2. The number of rotatable bonds is 8. The van der Waals surface area contributed by atoms with E-state index in [1.807, 2.05) is 176 Å². The molecular formula is C48H33N7O. The Morgan fingerprint density at radius 3 is 1.38 bits per heavy atom. The first kappa shape index (κ1) is 35.0. The summed E-state index contributed by atoms with van der Waals surface area (Å²) in [6.45, 7) is 0. The van der Waals surface area contributed by atoms with Crippen LogP contribution < -0.4 is 10.6 Å². The zero-order valence-electron chi connectivity index (χ0n) is 30.0. The largest absolute Gasteiger partial charge is 0.338 e. The van der Waals surface area contributed by atoms with Crippen LogP contribution in [-0.2, 0) is 0 Å². The van der Waals surface area contributed by atoms with Crippen LogP contribution in [0.4, 0.5) is 23.0 Å². The minimum absolute atomic E-state index is 0.0142. The zero-order chi connectivity index (χ0) is 38.1. The van der Waals surface area contributed by atoms with Crippen LogP contribution in [-0.4, -0.2) is 26.2 Å². The summed E-state index contributed by atoms with van der Waals surface area (Å²) in [5.41, 5.74) is 7.23. The number of aromatic nitrogens is 4. The van der Waals surface area contributed by atoms with Gasteiger partial charge in [-0.25, -0.2) is 0 Å². The van der Waals surface area contributed by atoms with Gasteiger partial charge in [-0.3, -0.25) is 4.79 Å². The normalized spacial score (nSPS) is 10.6. The van der Waals surface area contributed by atoms with Gasteiger partial charge in [0, 0.05) is 55.2 Å². The number of hydrogen-bond acceptors (Lipinski definition) is 8. The fourth-order valence-corrected chi connectivity index (χ4v) is 6.45. The van der Waals surface area contributed by atoms with Crippen molar-refractivity contribution in [2.75, 3.05) is 10.6 Å². The van der Waals surface area contributed by atoms with E-state index in [0.29, 0.717) is 28.3 Å². The third-order valence-corrected chi connectivity index (χ3v) is 9.15. The van der Waals surface area contributed by atoms with Gasteiger partial charge in [0.1, 0.15) is 11.4 Å². The molecule has 2 N–H and O–H groups in total. The highest BCUT2D eigenvalue weighted by molar-refractivity contribution is 6.09. The Bertz CT molecular complexity index is 2840. The lowest BCUT2D eigenvalue weighted by Crippen LogP contribution is -2.03. The van der Waals surface area contributed by atoms with Crippen LogP contribution in [0.25, 0.3) is 44.1 Å². The lowest BCUT2D eigenvalue weighted by Gasteiger charge is -2.12. The highest BCUT2D eigenvalue weighted by Crippen LogP contribution is 2.32. The summed E-state index contributed by atoms with van der Waals surface area (Å²) in [7, 11) is 0. The Balaban J connectivity index is 0.000000161. The van der Waals surface area contributed by atoms with Crippen molar-refractivity contribution < 1.29 is 4.79 Å². The molecular weight excluding hydrogens is 691 g/mol. The van der Waals surface area contributed by atoms with E-state index in [2.05, 4.69) is 37.1 Å². The average molecular weight is 724 g/mol. The van der Waals surface area contributed by atoms with Crippen molar-refractivity contribution in [1.29, 1.82) is 5.26 Å². The van der Waals surface area contributed by atoms with Crippen molar-refractivity contribution in [3.63, 3.8) is 0 Å². The van der Waals surface area contributed by atoms with Gasteiger partial charge < -0.3 is 10.6 Å². The first-order valence-electron chi connectivity index (χ1n) is 18.0. The molecule has 0 saturated heterocycles. The molecule has 0 aliphatic carbocycles. The Morgan fingerprint density at radius 2 is 0.857 bits per heavy atom. The van der Waals surface area contributed by atoms with E-state index in [9.17, 15) is 4.79 Å². The van der Waals surface area contributed by atoms with Crippen molar-refractivity contribution in [2.45, 2.75) is 0 Å². The number of nitrogens with one attached hydrogen (secondary N) is 2. The first-order valence-corrected chi connectivity index (χ1v) is 18.0. The van der Waals surface area contributed by atoms with Crippen molar-refractivity contribution in [3.05, 3.63) is 205 Å². The van der Waals surface area contributed by atoms with Gasteiger partial charge in [0.15, 0.2) is 17.4 Å².